The third-order valence-corrected chi connectivity index (χ3v) is 4.39. The van der Waals surface area contributed by atoms with Crippen LogP contribution >= 0.6 is 11.6 Å². The number of hydrogen-bond acceptors (Lipinski definition) is 3. The van der Waals surface area contributed by atoms with Crippen LogP contribution in [0.2, 0.25) is 5.02 Å². The Morgan fingerprint density at radius 3 is 2.95 bits per heavy atom. The van der Waals surface area contributed by atoms with Crippen molar-refractivity contribution in [2.45, 2.75) is 32.2 Å². The number of benzene rings is 1. The van der Waals surface area contributed by atoms with Crippen LogP contribution in [-0.4, -0.2) is 37.7 Å². The maximum absolute atomic E-state index is 6.16. The summed E-state index contributed by atoms with van der Waals surface area (Å²) in [6.07, 6.45) is 4.94. The first-order chi connectivity index (χ1) is 9.83. The summed E-state index contributed by atoms with van der Waals surface area (Å²) < 4.78 is 5.72. The quantitative estimate of drug-likeness (QED) is 0.817. The van der Waals surface area contributed by atoms with Gasteiger partial charge in [0.25, 0.3) is 0 Å². The molecule has 3 rings (SSSR count). The van der Waals surface area contributed by atoms with Crippen molar-refractivity contribution in [3.63, 3.8) is 0 Å². The number of hydrogen-bond donors (Lipinski definition) is 1. The van der Waals surface area contributed by atoms with Crippen LogP contribution in [0.1, 0.15) is 30.4 Å². The van der Waals surface area contributed by atoms with Crippen LogP contribution < -0.4 is 10.1 Å². The van der Waals surface area contributed by atoms with Crippen LogP contribution in [0, 0.1) is 0 Å². The molecule has 110 valence electrons. The Morgan fingerprint density at radius 1 is 1.25 bits per heavy atom. The zero-order valence-corrected chi connectivity index (χ0v) is 12.7. The summed E-state index contributed by atoms with van der Waals surface area (Å²) in [5.74, 6) is 1.06. The Bertz CT molecular complexity index is 458. The molecule has 2 aliphatic rings. The lowest BCUT2D eigenvalue weighted by molar-refractivity contribution is 0.330. The second-order valence-corrected chi connectivity index (χ2v) is 6.17. The van der Waals surface area contributed by atoms with Gasteiger partial charge in [0.05, 0.1) is 6.61 Å². The Hall–Kier alpha value is -0.770. The first kappa shape index (κ1) is 14.2. The molecule has 0 amide bonds. The van der Waals surface area contributed by atoms with Gasteiger partial charge in [0.2, 0.25) is 0 Å². The predicted molar refractivity (Wildman–Crippen MR) is 82.6 cm³/mol. The Labute approximate surface area is 126 Å². The minimum Gasteiger partial charge on any atom is -0.493 e. The average molecular weight is 295 g/mol. The monoisotopic (exact) mass is 294 g/mol. The molecule has 0 radical (unpaired) electrons. The van der Waals surface area contributed by atoms with Gasteiger partial charge in [-0.05, 0) is 63.1 Å². The van der Waals surface area contributed by atoms with Crippen molar-refractivity contribution >= 4 is 11.6 Å². The Morgan fingerprint density at radius 2 is 2.10 bits per heavy atom. The number of likely N-dealkylation sites (tertiary alicyclic amines) is 1. The van der Waals surface area contributed by atoms with Crippen molar-refractivity contribution < 1.29 is 4.74 Å². The Kier molecular flexibility index (Phi) is 4.81. The molecule has 0 saturated carbocycles. The lowest BCUT2D eigenvalue weighted by Crippen LogP contribution is -2.24. The molecule has 3 nitrogen and oxygen atoms in total. The van der Waals surface area contributed by atoms with Crippen molar-refractivity contribution in [1.82, 2.24) is 10.2 Å². The fourth-order valence-electron chi connectivity index (χ4n) is 3.13. The number of fused-ring (bicyclic) bond motifs is 1. The summed E-state index contributed by atoms with van der Waals surface area (Å²) in [6.45, 7) is 6.49. The van der Waals surface area contributed by atoms with Gasteiger partial charge in [-0.3, -0.25) is 0 Å². The zero-order chi connectivity index (χ0) is 13.8. The van der Waals surface area contributed by atoms with E-state index >= 15 is 0 Å². The number of rotatable bonds is 6. The highest BCUT2D eigenvalue weighted by Crippen LogP contribution is 2.32. The fourth-order valence-corrected chi connectivity index (χ4v) is 3.40. The first-order valence-corrected chi connectivity index (χ1v) is 8.08. The summed E-state index contributed by atoms with van der Waals surface area (Å²) in [7, 11) is 0. The van der Waals surface area contributed by atoms with Crippen LogP contribution in [0.5, 0.6) is 5.75 Å². The van der Waals surface area contributed by atoms with Crippen LogP contribution in [0.25, 0.3) is 0 Å². The van der Waals surface area contributed by atoms with Crippen LogP contribution in [0.4, 0.5) is 0 Å². The molecule has 1 fully saturated rings. The molecule has 0 spiro atoms. The molecule has 1 aromatic rings. The highest BCUT2D eigenvalue weighted by molar-refractivity contribution is 6.30. The van der Waals surface area contributed by atoms with Crippen molar-refractivity contribution in [1.29, 1.82) is 0 Å². The first-order valence-electron chi connectivity index (χ1n) is 7.70. The number of halogens is 1. The molecule has 2 aliphatic heterocycles. The molecular weight excluding hydrogens is 272 g/mol. The molecule has 1 aromatic carbocycles. The predicted octanol–water partition coefficient (Wildman–Crippen LogP) is 2.85. The summed E-state index contributed by atoms with van der Waals surface area (Å²) in [6, 6.07) is 4.06. The molecule has 0 aliphatic carbocycles. The molecule has 0 bridgehead atoms. The maximum atomic E-state index is 6.16. The summed E-state index contributed by atoms with van der Waals surface area (Å²) >= 11 is 6.16. The minimum atomic E-state index is 0.789. The Balaban J connectivity index is 1.44. The third kappa shape index (κ3) is 3.46. The molecule has 0 atom stereocenters. The second kappa shape index (κ2) is 6.79. The van der Waals surface area contributed by atoms with Crippen LogP contribution in [0.15, 0.2) is 12.1 Å². The van der Waals surface area contributed by atoms with E-state index in [9.17, 15) is 0 Å². The van der Waals surface area contributed by atoms with Gasteiger partial charge in [-0.15, -0.1) is 0 Å². The van der Waals surface area contributed by atoms with Crippen molar-refractivity contribution in [3.05, 3.63) is 28.3 Å². The van der Waals surface area contributed by atoms with Gasteiger partial charge in [0.15, 0.2) is 0 Å². The average Bonchev–Trinajstić information content (AvgIpc) is 3.08. The largest absolute Gasteiger partial charge is 0.493 e. The van der Waals surface area contributed by atoms with Crippen molar-refractivity contribution in [3.8, 4) is 5.75 Å². The number of nitrogens with zero attached hydrogens (tertiary/aromatic N) is 1. The molecule has 1 N–H and O–H groups in total. The normalized spacial score (nSPS) is 18.2. The molecule has 0 aromatic heterocycles. The molecule has 20 heavy (non-hydrogen) atoms. The summed E-state index contributed by atoms with van der Waals surface area (Å²) in [5.41, 5.74) is 2.46. The van der Waals surface area contributed by atoms with Crippen molar-refractivity contribution in [2.75, 3.05) is 32.8 Å². The van der Waals surface area contributed by atoms with Gasteiger partial charge in [-0.25, -0.2) is 0 Å². The SMILES string of the molecule is Clc1cc2c(c(CNCCCN3CCCC3)c1)OCC2. The van der Waals surface area contributed by atoms with E-state index in [-0.39, 0.29) is 0 Å². The topological polar surface area (TPSA) is 24.5 Å². The van der Waals surface area contributed by atoms with E-state index in [2.05, 4.69) is 10.2 Å². The van der Waals surface area contributed by atoms with Crippen molar-refractivity contribution in [2.24, 2.45) is 0 Å². The molecule has 0 unspecified atom stereocenters. The van der Waals surface area contributed by atoms with Gasteiger partial charge >= 0.3 is 0 Å². The van der Waals surface area contributed by atoms with Crippen LogP contribution in [0.3, 0.4) is 0 Å². The maximum Gasteiger partial charge on any atom is 0.127 e. The standard InChI is InChI=1S/C16H23ClN2O/c17-15-10-13-4-9-20-16(13)14(11-15)12-18-5-3-8-19-6-1-2-7-19/h10-11,18H,1-9,12H2. The van der Waals surface area contributed by atoms with E-state index in [0.717, 1.165) is 36.9 Å². The minimum absolute atomic E-state index is 0.789. The smallest absolute Gasteiger partial charge is 0.127 e. The van der Waals surface area contributed by atoms with E-state index in [1.807, 2.05) is 12.1 Å². The molecular formula is C16H23ClN2O. The van der Waals surface area contributed by atoms with E-state index in [1.165, 1.54) is 50.0 Å². The number of ether oxygens (including phenoxy) is 1. The highest BCUT2D eigenvalue weighted by Gasteiger charge is 2.17. The molecule has 2 heterocycles. The van der Waals surface area contributed by atoms with E-state index < -0.39 is 0 Å². The van der Waals surface area contributed by atoms with E-state index in [1.54, 1.807) is 0 Å². The third-order valence-electron chi connectivity index (χ3n) is 4.17. The highest BCUT2D eigenvalue weighted by atomic mass is 35.5. The van der Waals surface area contributed by atoms with Gasteiger partial charge in [-0.2, -0.15) is 0 Å². The fraction of sp³-hybridized carbons (Fsp3) is 0.625. The molecule has 4 heteroatoms. The summed E-state index contributed by atoms with van der Waals surface area (Å²) in [5, 5.41) is 4.34. The lowest BCUT2D eigenvalue weighted by atomic mass is 10.1. The number of nitrogens with one attached hydrogen (secondary N) is 1. The van der Waals surface area contributed by atoms with Gasteiger partial charge in [0, 0.05) is 23.6 Å². The van der Waals surface area contributed by atoms with Gasteiger partial charge in [-0.1, -0.05) is 11.6 Å². The van der Waals surface area contributed by atoms with Crippen LogP contribution in [-0.2, 0) is 13.0 Å². The lowest BCUT2D eigenvalue weighted by Gasteiger charge is -2.15. The van der Waals surface area contributed by atoms with E-state index in [0.29, 0.717) is 0 Å². The molecule has 1 saturated heterocycles. The second-order valence-electron chi connectivity index (χ2n) is 5.73. The van der Waals surface area contributed by atoms with E-state index in [4.69, 9.17) is 16.3 Å². The van der Waals surface area contributed by atoms with Gasteiger partial charge in [0.1, 0.15) is 5.75 Å². The zero-order valence-electron chi connectivity index (χ0n) is 12.0. The van der Waals surface area contributed by atoms with Gasteiger partial charge < -0.3 is 15.0 Å². The summed E-state index contributed by atoms with van der Waals surface area (Å²) in [4.78, 5) is 2.56.